The third-order valence-electron chi connectivity index (χ3n) is 4.63. The number of nitrogens with one attached hydrogen (secondary N) is 1. The highest BCUT2D eigenvalue weighted by atomic mass is 16.5. The predicted octanol–water partition coefficient (Wildman–Crippen LogP) is 2.12. The summed E-state index contributed by atoms with van der Waals surface area (Å²) in [7, 11) is 4.64. The van der Waals surface area contributed by atoms with Gasteiger partial charge in [-0.2, -0.15) is 0 Å². The molecule has 0 aliphatic carbocycles. The van der Waals surface area contributed by atoms with E-state index in [1.54, 1.807) is 52.5 Å². The topological polar surface area (TPSA) is 100 Å². The van der Waals surface area contributed by atoms with Crippen LogP contribution in [0.4, 0.5) is 0 Å². The molecule has 1 N–H and O–H groups in total. The first-order valence-electron chi connectivity index (χ1n) is 9.20. The number of rotatable bonds is 7. The van der Waals surface area contributed by atoms with Crippen molar-refractivity contribution in [2.24, 2.45) is 0 Å². The maximum absolute atomic E-state index is 12.6. The third kappa shape index (κ3) is 3.51. The summed E-state index contributed by atoms with van der Waals surface area (Å²) in [6.07, 6.45) is 3.52. The van der Waals surface area contributed by atoms with E-state index >= 15 is 0 Å². The van der Waals surface area contributed by atoms with Gasteiger partial charge in [-0.3, -0.25) is 13.9 Å². The molecule has 29 heavy (non-hydrogen) atoms. The first-order valence-corrected chi connectivity index (χ1v) is 9.20. The molecule has 0 amide bonds. The van der Waals surface area contributed by atoms with Crippen molar-refractivity contribution in [3.05, 3.63) is 44.4 Å². The molecule has 2 aromatic heterocycles. The zero-order valence-electron chi connectivity index (χ0n) is 17.1. The van der Waals surface area contributed by atoms with Crippen LogP contribution in [0.1, 0.15) is 25.2 Å². The maximum atomic E-state index is 12.6. The minimum absolute atomic E-state index is 0.295. The number of fused-ring (bicyclic) bond motifs is 1. The van der Waals surface area contributed by atoms with Crippen LogP contribution in [0, 0.1) is 0 Å². The number of aryl methyl sites for hydroxylation is 1. The molecular weight excluding hydrogens is 376 g/mol. The Morgan fingerprint density at radius 1 is 0.966 bits per heavy atom. The molecule has 0 fully saturated rings. The van der Waals surface area contributed by atoms with Crippen LogP contribution in [0.15, 0.2) is 21.7 Å². The fourth-order valence-corrected chi connectivity index (χ4v) is 3.20. The van der Waals surface area contributed by atoms with Gasteiger partial charge in [-0.15, -0.1) is 0 Å². The number of aromatic amines is 1. The first-order chi connectivity index (χ1) is 14.0. The Kier molecular flexibility index (Phi) is 5.76. The minimum atomic E-state index is -0.378. The lowest BCUT2D eigenvalue weighted by Gasteiger charge is -2.12. The summed E-state index contributed by atoms with van der Waals surface area (Å²) in [5, 5.41) is 0. The number of hydrogen-bond donors (Lipinski definition) is 1. The van der Waals surface area contributed by atoms with Crippen LogP contribution in [0.3, 0.4) is 0 Å². The van der Waals surface area contributed by atoms with Crippen molar-refractivity contribution in [1.82, 2.24) is 19.1 Å². The molecule has 0 saturated heterocycles. The number of methoxy groups -OCH3 is 3. The van der Waals surface area contributed by atoms with Crippen LogP contribution in [0.5, 0.6) is 17.2 Å². The van der Waals surface area contributed by atoms with Gasteiger partial charge in [-0.05, 0) is 37.6 Å². The number of H-pyrrole nitrogens is 1. The normalized spacial score (nSPS) is 11.3. The Morgan fingerprint density at radius 2 is 1.59 bits per heavy atom. The second-order valence-electron chi connectivity index (χ2n) is 6.19. The molecule has 9 nitrogen and oxygen atoms in total. The van der Waals surface area contributed by atoms with E-state index in [9.17, 15) is 9.59 Å². The molecule has 1 aromatic carbocycles. The standard InChI is InChI=1S/C20H24N4O5/c1-6-23-18-16(19(25)24(7-2)20(23)26)21-15(22-18)9-8-12-10-13(27-3)17(29-5)14(11-12)28-4/h8-11H,6-7H2,1-5H3,(H,21,22)/b9-8+. The van der Waals surface area contributed by atoms with Crippen molar-refractivity contribution in [3.8, 4) is 17.2 Å². The molecule has 0 aliphatic heterocycles. The van der Waals surface area contributed by atoms with Gasteiger partial charge in [0.05, 0.1) is 21.3 Å². The van der Waals surface area contributed by atoms with Crippen LogP contribution in [-0.4, -0.2) is 40.4 Å². The Labute approximate surface area is 167 Å². The Balaban J connectivity index is 2.09. The quantitative estimate of drug-likeness (QED) is 0.652. The first kappa shape index (κ1) is 20.2. The lowest BCUT2D eigenvalue weighted by Crippen LogP contribution is -2.39. The van der Waals surface area contributed by atoms with Gasteiger partial charge in [-0.1, -0.05) is 6.08 Å². The summed E-state index contributed by atoms with van der Waals surface area (Å²) < 4.78 is 18.7. The van der Waals surface area contributed by atoms with Crippen molar-refractivity contribution < 1.29 is 14.2 Å². The molecular formula is C20H24N4O5. The average Bonchev–Trinajstić information content (AvgIpc) is 3.16. The van der Waals surface area contributed by atoms with Gasteiger partial charge in [0.1, 0.15) is 11.3 Å². The number of imidazole rings is 1. The number of benzene rings is 1. The molecule has 0 radical (unpaired) electrons. The van der Waals surface area contributed by atoms with Gasteiger partial charge in [0.25, 0.3) is 5.56 Å². The van der Waals surface area contributed by atoms with Crippen LogP contribution >= 0.6 is 0 Å². The van der Waals surface area contributed by atoms with E-state index in [-0.39, 0.29) is 11.2 Å². The van der Waals surface area contributed by atoms with Crippen molar-refractivity contribution in [1.29, 1.82) is 0 Å². The van der Waals surface area contributed by atoms with Gasteiger partial charge in [0.15, 0.2) is 17.1 Å². The van der Waals surface area contributed by atoms with E-state index in [0.717, 1.165) is 5.56 Å². The monoisotopic (exact) mass is 400 g/mol. The van der Waals surface area contributed by atoms with Crippen molar-refractivity contribution in [2.45, 2.75) is 26.9 Å². The Hall–Kier alpha value is -3.49. The number of nitrogens with zero attached hydrogens (tertiary/aromatic N) is 3. The second-order valence-corrected chi connectivity index (χ2v) is 6.19. The zero-order chi connectivity index (χ0) is 21.1. The fourth-order valence-electron chi connectivity index (χ4n) is 3.20. The maximum Gasteiger partial charge on any atom is 0.332 e. The van der Waals surface area contributed by atoms with E-state index in [0.29, 0.717) is 47.3 Å². The van der Waals surface area contributed by atoms with Gasteiger partial charge < -0.3 is 19.2 Å². The predicted molar refractivity (Wildman–Crippen MR) is 111 cm³/mol. The Morgan fingerprint density at radius 3 is 2.10 bits per heavy atom. The molecule has 3 aromatic rings. The molecule has 9 heteroatoms. The summed E-state index contributed by atoms with van der Waals surface area (Å²) >= 11 is 0. The highest BCUT2D eigenvalue weighted by molar-refractivity contribution is 5.76. The van der Waals surface area contributed by atoms with Crippen LogP contribution in [-0.2, 0) is 13.1 Å². The molecule has 0 unspecified atom stereocenters. The number of ether oxygens (including phenoxy) is 3. The van der Waals surface area contributed by atoms with E-state index < -0.39 is 0 Å². The van der Waals surface area contributed by atoms with Gasteiger partial charge in [-0.25, -0.2) is 9.78 Å². The number of hydrogen-bond acceptors (Lipinski definition) is 6. The Bertz CT molecular complexity index is 1160. The van der Waals surface area contributed by atoms with E-state index in [2.05, 4.69) is 9.97 Å². The van der Waals surface area contributed by atoms with Gasteiger partial charge in [0, 0.05) is 13.1 Å². The second kappa shape index (κ2) is 8.26. The lowest BCUT2D eigenvalue weighted by molar-refractivity contribution is 0.324. The lowest BCUT2D eigenvalue weighted by atomic mass is 10.1. The molecule has 2 heterocycles. The van der Waals surface area contributed by atoms with Gasteiger partial charge in [0.2, 0.25) is 5.75 Å². The molecule has 154 valence electrons. The fraction of sp³-hybridized carbons (Fsp3) is 0.350. The van der Waals surface area contributed by atoms with Crippen molar-refractivity contribution in [2.75, 3.05) is 21.3 Å². The molecule has 0 aliphatic rings. The summed E-state index contributed by atoms with van der Waals surface area (Å²) in [4.78, 5) is 32.5. The van der Waals surface area contributed by atoms with Crippen molar-refractivity contribution >= 4 is 23.3 Å². The summed E-state index contributed by atoms with van der Waals surface area (Å²) in [5.41, 5.74) is 0.699. The average molecular weight is 400 g/mol. The van der Waals surface area contributed by atoms with Crippen molar-refractivity contribution in [3.63, 3.8) is 0 Å². The van der Waals surface area contributed by atoms with E-state index in [1.165, 1.54) is 9.13 Å². The largest absolute Gasteiger partial charge is 0.493 e. The summed E-state index contributed by atoms with van der Waals surface area (Å²) in [5.74, 6) is 2.02. The molecule has 3 rings (SSSR count). The molecule has 0 saturated carbocycles. The van der Waals surface area contributed by atoms with Crippen LogP contribution in [0.2, 0.25) is 0 Å². The van der Waals surface area contributed by atoms with E-state index in [4.69, 9.17) is 14.2 Å². The highest BCUT2D eigenvalue weighted by Crippen LogP contribution is 2.38. The molecule has 0 bridgehead atoms. The highest BCUT2D eigenvalue weighted by Gasteiger charge is 2.15. The smallest absolute Gasteiger partial charge is 0.332 e. The SMILES string of the molecule is CCn1c(=O)c2[nH]c(/C=C/c3cc(OC)c(OC)c(OC)c3)nc2n(CC)c1=O. The third-order valence-corrected chi connectivity index (χ3v) is 4.63. The molecule has 0 atom stereocenters. The molecule has 0 spiro atoms. The summed E-state index contributed by atoms with van der Waals surface area (Å²) in [6.45, 7) is 4.31. The number of aromatic nitrogens is 4. The zero-order valence-corrected chi connectivity index (χ0v) is 17.1. The summed E-state index contributed by atoms with van der Waals surface area (Å²) in [6, 6.07) is 3.60. The van der Waals surface area contributed by atoms with E-state index in [1.807, 2.05) is 6.92 Å². The van der Waals surface area contributed by atoms with Crippen LogP contribution < -0.4 is 25.5 Å². The minimum Gasteiger partial charge on any atom is -0.493 e. The van der Waals surface area contributed by atoms with Gasteiger partial charge >= 0.3 is 5.69 Å². The van der Waals surface area contributed by atoms with Crippen LogP contribution in [0.25, 0.3) is 23.3 Å².